The summed E-state index contributed by atoms with van der Waals surface area (Å²) < 4.78 is 27.6. The van der Waals surface area contributed by atoms with E-state index < -0.39 is 10.0 Å². The Bertz CT molecular complexity index is 773. The Labute approximate surface area is 174 Å². The predicted molar refractivity (Wildman–Crippen MR) is 118 cm³/mol. The lowest BCUT2D eigenvalue weighted by Gasteiger charge is -2.22. The Hall–Kier alpha value is -1.16. The number of likely N-dealkylation sites (tertiary alicyclic amines) is 1. The second-order valence-corrected chi connectivity index (χ2v) is 10.9. The zero-order valence-electron chi connectivity index (χ0n) is 17.9. The lowest BCUT2D eigenvalue weighted by Crippen LogP contribution is -2.47. The lowest BCUT2D eigenvalue weighted by molar-refractivity contribution is 0.265. The Morgan fingerprint density at radius 3 is 2.61 bits per heavy atom. The van der Waals surface area contributed by atoms with E-state index in [4.69, 9.17) is 0 Å². The molecular weight excluding hydrogens is 394 g/mol. The van der Waals surface area contributed by atoms with E-state index in [0.717, 1.165) is 35.3 Å². The molecule has 2 rings (SSSR count). The summed E-state index contributed by atoms with van der Waals surface area (Å²) in [5.74, 6) is 1.28. The molecule has 0 saturated carbocycles. The van der Waals surface area contributed by atoms with Crippen LogP contribution in [-0.4, -0.2) is 64.1 Å². The maximum atomic E-state index is 12.5. The van der Waals surface area contributed by atoms with Gasteiger partial charge in [-0.15, -0.1) is 11.3 Å². The van der Waals surface area contributed by atoms with Crippen LogP contribution in [0.5, 0.6) is 0 Å². The highest BCUT2D eigenvalue weighted by Gasteiger charge is 2.31. The van der Waals surface area contributed by atoms with Crippen molar-refractivity contribution < 1.29 is 8.42 Å². The minimum absolute atomic E-state index is 0.269. The number of aryl methyl sites for hydroxylation is 2. The molecule has 0 radical (unpaired) electrons. The monoisotopic (exact) mass is 429 g/mol. The van der Waals surface area contributed by atoms with Gasteiger partial charge in [0.15, 0.2) is 5.96 Å². The van der Waals surface area contributed by atoms with Gasteiger partial charge in [0.1, 0.15) is 0 Å². The quantitative estimate of drug-likeness (QED) is 0.334. The van der Waals surface area contributed by atoms with Gasteiger partial charge in [-0.3, -0.25) is 9.89 Å². The summed E-state index contributed by atoms with van der Waals surface area (Å²) in [6.07, 6.45) is 0. The molecule has 0 aromatic carbocycles. The van der Waals surface area contributed by atoms with E-state index in [-0.39, 0.29) is 6.54 Å². The number of aliphatic imine (C=N–C) groups is 1. The molecule has 1 saturated heterocycles. The van der Waals surface area contributed by atoms with E-state index in [2.05, 4.69) is 46.0 Å². The van der Waals surface area contributed by atoms with Gasteiger partial charge in [-0.05, 0) is 46.6 Å². The largest absolute Gasteiger partial charge is 0.357 e. The molecule has 160 valence electrons. The van der Waals surface area contributed by atoms with Crippen molar-refractivity contribution in [2.45, 2.75) is 58.5 Å². The summed E-state index contributed by atoms with van der Waals surface area (Å²) in [6, 6.07) is 2.60. The number of thiophene rings is 1. The van der Waals surface area contributed by atoms with Crippen molar-refractivity contribution in [2.75, 3.05) is 32.7 Å². The molecule has 1 aliphatic rings. The van der Waals surface area contributed by atoms with Gasteiger partial charge in [-0.2, -0.15) is 0 Å². The average Bonchev–Trinajstić information content (AvgIpc) is 3.14. The summed E-state index contributed by atoms with van der Waals surface area (Å²) in [5, 5.41) is 6.78. The molecule has 1 aromatic heterocycles. The molecular formula is C19H35N5O2S2. The zero-order chi connectivity index (χ0) is 20.9. The number of nitrogens with zero attached hydrogens (tertiary/aromatic N) is 2. The molecule has 2 unspecified atom stereocenters. The van der Waals surface area contributed by atoms with Crippen molar-refractivity contribution >= 4 is 27.3 Å². The van der Waals surface area contributed by atoms with Crippen molar-refractivity contribution in [2.24, 2.45) is 10.9 Å². The lowest BCUT2D eigenvalue weighted by atomic mass is 10.1. The molecule has 9 heteroatoms. The molecule has 2 atom stereocenters. The van der Waals surface area contributed by atoms with Crippen LogP contribution in [0, 0.1) is 19.8 Å². The fourth-order valence-corrected chi connectivity index (χ4v) is 5.98. The van der Waals surface area contributed by atoms with Crippen LogP contribution in [0.3, 0.4) is 0 Å². The highest BCUT2D eigenvalue weighted by atomic mass is 32.2. The third kappa shape index (κ3) is 6.17. The second kappa shape index (κ2) is 10.0. The van der Waals surface area contributed by atoms with Gasteiger partial charge in [0.25, 0.3) is 0 Å². The number of sulfonamides is 1. The average molecular weight is 430 g/mol. The van der Waals surface area contributed by atoms with Crippen LogP contribution in [-0.2, 0) is 10.0 Å². The van der Waals surface area contributed by atoms with Gasteiger partial charge in [-0.25, -0.2) is 13.1 Å². The van der Waals surface area contributed by atoms with E-state index in [9.17, 15) is 8.42 Å². The van der Waals surface area contributed by atoms with Crippen LogP contribution in [0.4, 0.5) is 0 Å². The van der Waals surface area contributed by atoms with Crippen LogP contribution in [0.15, 0.2) is 16.0 Å². The van der Waals surface area contributed by atoms with Crippen molar-refractivity contribution in [3.63, 3.8) is 0 Å². The van der Waals surface area contributed by atoms with Gasteiger partial charge in [0, 0.05) is 48.0 Å². The van der Waals surface area contributed by atoms with Crippen LogP contribution < -0.4 is 15.4 Å². The minimum Gasteiger partial charge on any atom is -0.357 e. The molecule has 0 aliphatic carbocycles. The van der Waals surface area contributed by atoms with Gasteiger partial charge in [-0.1, -0.05) is 6.92 Å². The molecule has 1 aromatic rings. The fraction of sp³-hybridized carbons (Fsp3) is 0.737. The van der Waals surface area contributed by atoms with Crippen molar-refractivity contribution in [1.82, 2.24) is 20.3 Å². The van der Waals surface area contributed by atoms with E-state index in [0.29, 0.717) is 29.4 Å². The molecule has 28 heavy (non-hydrogen) atoms. The van der Waals surface area contributed by atoms with Crippen LogP contribution >= 0.6 is 11.3 Å². The van der Waals surface area contributed by atoms with E-state index >= 15 is 0 Å². The predicted octanol–water partition coefficient (Wildman–Crippen LogP) is 1.93. The molecule has 7 nitrogen and oxygen atoms in total. The third-order valence-corrected chi connectivity index (χ3v) is 7.68. The van der Waals surface area contributed by atoms with Crippen LogP contribution in [0.1, 0.15) is 37.4 Å². The van der Waals surface area contributed by atoms with Crippen molar-refractivity contribution in [3.05, 3.63) is 15.8 Å². The fourth-order valence-electron chi connectivity index (χ4n) is 3.41. The smallest absolute Gasteiger partial charge is 0.241 e. The first-order valence-electron chi connectivity index (χ1n) is 9.99. The van der Waals surface area contributed by atoms with Gasteiger partial charge < -0.3 is 10.6 Å². The van der Waals surface area contributed by atoms with Crippen LogP contribution in [0.2, 0.25) is 0 Å². The summed E-state index contributed by atoms with van der Waals surface area (Å²) >= 11 is 1.50. The third-order valence-electron chi connectivity index (χ3n) is 5.00. The number of guanidine groups is 1. The Morgan fingerprint density at radius 1 is 1.36 bits per heavy atom. The highest BCUT2D eigenvalue weighted by molar-refractivity contribution is 7.89. The number of hydrogen-bond acceptors (Lipinski definition) is 5. The molecule has 0 spiro atoms. The molecule has 1 aliphatic heterocycles. The molecule has 1 fully saturated rings. The second-order valence-electron chi connectivity index (χ2n) is 7.71. The van der Waals surface area contributed by atoms with E-state index in [1.807, 2.05) is 20.8 Å². The number of nitrogens with one attached hydrogen (secondary N) is 3. The maximum Gasteiger partial charge on any atom is 0.241 e. The Kier molecular flexibility index (Phi) is 8.30. The standard InChI is InChI=1S/C19H35N5O2S2/c1-7-20-19(23-17-12-24(13(2)3)11-14(17)4)21-8-9-22-28(25,26)18-10-15(5)27-16(18)6/h10,13-14,17,22H,7-9,11-12H2,1-6H3,(H2,20,21,23). The first kappa shape index (κ1) is 23.1. The van der Waals surface area contributed by atoms with Gasteiger partial charge in [0.05, 0.1) is 11.4 Å². The summed E-state index contributed by atoms with van der Waals surface area (Å²) in [7, 11) is -3.48. The van der Waals surface area contributed by atoms with Crippen molar-refractivity contribution in [3.8, 4) is 0 Å². The van der Waals surface area contributed by atoms with Gasteiger partial charge >= 0.3 is 0 Å². The molecule has 2 heterocycles. The number of hydrogen-bond donors (Lipinski definition) is 3. The summed E-state index contributed by atoms with van der Waals surface area (Å²) in [6.45, 7) is 16.0. The molecule has 0 bridgehead atoms. The van der Waals surface area contributed by atoms with Crippen LogP contribution in [0.25, 0.3) is 0 Å². The Balaban J connectivity index is 1.91. The zero-order valence-corrected chi connectivity index (χ0v) is 19.5. The topological polar surface area (TPSA) is 85.8 Å². The normalized spacial score (nSPS) is 21.5. The first-order chi connectivity index (χ1) is 13.1. The van der Waals surface area contributed by atoms with Crippen molar-refractivity contribution in [1.29, 1.82) is 0 Å². The Morgan fingerprint density at radius 2 is 2.07 bits per heavy atom. The summed E-state index contributed by atoms with van der Waals surface area (Å²) in [4.78, 5) is 9.20. The SMILES string of the molecule is CCNC(=NCCNS(=O)(=O)c1cc(C)sc1C)NC1CN(C(C)C)CC1C. The first-order valence-corrected chi connectivity index (χ1v) is 12.3. The molecule has 3 N–H and O–H groups in total. The highest BCUT2D eigenvalue weighted by Crippen LogP contribution is 2.24. The van der Waals surface area contributed by atoms with E-state index in [1.165, 1.54) is 11.3 Å². The molecule has 0 amide bonds. The summed E-state index contributed by atoms with van der Waals surface area (Å²) in [5.41, 5.74) is 0. The van der Waals surface area contributed by atoms with E-state index in [1.54, 1.807) is 6.07 Å². The van der Waals surface area contributed by atoms with Gasteiger partial charge in [0.2, 0.25) is 10.0 Å². The minimum atomic E-state index is -3.48. The number of rotatable bonds is 8. The maximum absolute atomic E-state index is 12.5.